The summed E-state index contributed by atoms with van der Waals surface area (Å²) in [6.07, 6.45) is 8.30. The largest absolute Gasteiger partial charge is 0.0691 e. The maximum atomic E-state index is 2.36. The molecule has 2 bridgehead atoms. The summed E-state index contributed by atoms with van der Waals surface area (Å²) in [6, 6.07) is 0. The fourth-order valence-corrected chi connectivity index (χ4v) is 1.82. The molecule has 8 heavy (non-hydrogen) atoms. The van der Waals surface area contributed by atoms with E-state index in [1.165, 1.54) is 12.0 Å². The molecule has 0 fully saturated rings. The number of allylic oxidation sites excluding steroid dienone is 6. The first kappa shape index (κ1) is 3.29. The van der Waals surface area contributed by atoms with Crippen LogP contribution in [0.1, 0.15) is 6.42 Å². The van der Waals surface area contributed by atoms with Crippen LogP contribution < -0.4 is 0 Å². The lowest BCUT2D eigenvalue weighted by Gasteiger charge is -2.24. The van der Waals surface area contributed by atoms with Gasteiger partial charge in [-0.05, 0) is 23.1 Å². The summed E-state index contributed by atoms with van der Waals surface area (Å²) < 4.78 is 0. The summed E-state index contributed by atoms with van der Waals surface area (Å²) in [5, 5.41) is 0. The van der Waals surface area contributed by atoms with Crippen LogP contribution in [0.4, 0.5) is 0 Å². The van der Waals surface area contributed by atoms with Crippen molar-refractivity contribution >= 4 is 0 Å². The normalized spacial score (nSPS) is 36.0. The van der Waals surface area contributed by atoms with E-state index >= 15 is 0 Å². The monoisotopic (exact) mass is 102 g/mol. The van der Waals surface area contributed by atoms with Gasteiger partial charge < -0.3 is 0 Å². The molecule has 0 aromatic carbocycles. The molecule has 0 spiro atoms. The number of hydrogen-bond acceptors (Lipinski definition) is 0. The maximum absolute atomic E-state index is 2.36. The lowest BCUT2D eigenvalue weighted by atomic mass is 9.79. The van der Waals surface area contributed by atoms with Gasteiger partial charge in [0.25, 0.3) is 0 Å². The summed E-state index contributed by atoms with van der Waals surface area (Å²) in [5.41, 5.74) is 4.68. The topological polar surface area (TPSA) is 0 Å². The van der Waals surface area contributed by atoms with Gasteiger partial charge in [-0.2, -0.15) is 0 Å². The number of rotatable bonds is 0. The van der Waals surface area contributed by atoms with E-state index < -0.39 is 0 Å². The van der Waals surface area contributed by atoms with Crippen molar-refractivity contribution < 1.29 is 0 Å². The molecule has 0 aromatic rings. The highest BCUT2D eigenvalue weighted by molar-refractivity contribution is 5.66. The van der Waals surface area contributed by atoms with Crippen molar-refractivity contribution in [2.45, 2.75) is 6.42 Å². The Balaban J connectivity index is 2.47. The summed E-state index contributed by atoms with van der Waals surface area (Å²) in [7, 11) is 0. The number of fused-ring (bicyclic) bond motifs is 1. The fraction of sp³-hybridized carbons (Fsp3) is 0.250. The summed E-state index contributed by atoms with van der Waals surface area (Å²) in [6.45, 7) is 0. The Hall–Kier alpha value is -0.780. The van der Waals surface area contributed by atoms with Gasteiger partial charge in [-0.3, -0.25) is 0 Å². The Bertz CT molecular complexity index is 251. The Morgan fingerprint density at radius 2 is 2.38 bits per heavy atom. The second kappa shape index (κ2) is 0.732. The third kappa shape index (κ3) is 0.172. The summed E-state index contributed by atoms with van der Waals surface area (Å²) in [5.74, 6) is 0.852. The van der Waals surface area contributed by atoms with E-state index in [1.54, 1.807) is 11.1 Å². The van der Waals surface area contributed by atoms with E-state index in [2.05, 4.69) is 18.2 Å². The second-order valence-electron chi connectivity index (χ2n) is 2.75. The Labute approximate surface area is 48.2 Å². The predicted molar refractivity (Wildman–Crippen MR) is 32.4 cm³/mol. The van der Waals surface area contributed by atoms with Crippen molar-refractivity contribution in [1.29, 1.82) is 0 Å². The van der Waals surface area contributed by atoms with Gasteiger partial charge in [-0.25, -0.2) is 0 Å². The van der Waals surface area contributed by atoms with Gasteiger partial charge in [-0.15, -0.1) is 0 Å². The van der Waals surface area contributed by atoms with E-state index in [4.69, 9.17) is 0 Å². The molecule has 0 amide bonds. The van der Waals surface area contributed by atoms with Gasteiger partial charge in [-0.1, -0.05) is 18.2 Å². The first-order valence-electron chi connectivity index (χ1n) is 3.08. The molecule has 1 atom stereocenters. The van der Waals surface area contributed by atoms with E-state index in [0.717, 1.165) is 5.92 Å². The molecular weight excluding hydrogens is 96.1 g/mol. The first-order chi connectivity index (χ1) is 3.93. The van der Waals surface area contributed by atoms with Crippen molar-refractivity contribution in [3.63, 3.8) is 0 Å². The van der Waals surface area contributed by atoms with Crippen molar-refractivity contribution in [2.75, 3.05) is 0 Å². The molecule has 0 N–H and O–H groups in total. The minimum atomic E-state index is 0.852. The molecule has 0 aliphatic heterocycles. The second-order valence-corrected chi connectivity index (χ2v) is 2.75. The highest BCUT2D eigenvalue weighted by Gasteiger charge is 2.34. The molecule has 1 unspecified atom stereocenters. The summed E-state index contributed by atoms with van der Waals surface area (Å²) >= 11 is 0. The van der Waals surface area contributed by atoms with Crippen LogP contribution in [0.15, 0.2) is 34.9 Å². The third-order valence-corrected chi connectivity index (χ3v) is 2.25. The minimum Gasteiger partial charge on any atom is -0.0691 e. The zero-order chi connectivity index (χ0) is 5.14. The van der Waals surface area contributed by atoms with E-state index in [-0.39, 0.29) is 0 Å². The van der Waals surface area contributed by atoms with Crippen LogP contribution in [0.2, 0.25) is 0 Å². The SMILES string of the molecule is C1=C2C=C3C1=CC3C2. The smallest absolute Gasteiger partial charge is 0.00733 e. The molecule has 0 radical (unpaired) electrons. The standard InChI is InChI=1S/C8H6/c1-5-2-7-4-6(1)8(7)3-5/h1,3-4,7H,2H2. The van der Waals surface area contributed by atoms with Gasteiger partial charge in [0.1, 0.15) is 0 Å². The zero-order valence-corrected chi connectivity index (χ0v) is 4.52. The highest BCUT2D eigenvalue weighted by atomic mass is 14.4. The van der Waals surface area contributed by atoms with E-state index in [9.17, 15) is 0 Å². The summed E-state index contributed by atoms with van der Waals surface area (Å²) in [4.78, 5) is 0. The fourth-order valence-electron chi connectivity index (χ4n) is 1.82. The van der Waals surface area contributed by atoms with Crippen molar-refractivity contribution in [3.8, 4) is 0 Å². The maximum Gasteiger partial charge on any atom is 0.00733 e. The van der Waals surface area contributed by atoms with Gasteiger partial charge >= 0.3 is 0 Å². The highest BCUT2D eigenvalue weighted by Crippen LogP contribution is 2.50. The Morgan fingerprint density at radius 1 is 1.38 bits per heavy atom. The predicted octanol–water partition coefficient (Wildman–Crippen LogP) is 1.81. The zero-order valence-electron chi connectivity index (χ0n) is 4.52. The van der Waals surface area contributed by atoms with Crippen LogP contribution in [0.3, 0.4) is 0 Å². The average molecular weight is 102 g/mol. The van der Waals surface area contributed by atoms with Crippen LogP contribution >= 0.6 is 0 Å². The van der Waals surface area contributed by atoms with Crippen LogP contribution in [-0.4, -0.2) is 0 Å². The molecule has 3 aliphatic rings. The lowest BCUT2D eigenvalue weighted by Crippen LogP contribution is -2.11. The molecular formula is C8H6. The van der Waals surface area contributed by atoms with Gasteiger partial charge in [0.15, 0.2) is 0 Å². The van der Waals surface area contributed by atoms with E-state index in [1.807, 2.05) is 0 Å². The molecule has 0 heterocycles. The molecule has 0 aromatic heterocycles. The molecule has 3 rings (SSSR count). The first-order valence-corrected chi connectivity index (χ1v) is 3.08. The Morgan fingerprint density at radius 3 is 2.62 bits per heavy atom. The lowest BCUT2D eigenvalue weighted by molar-refractivity contribution is 0.736. The van der Waals surface area contributed by atoms with Crippen LogP contribution in [0.5, 0.6) is 0 Å². The number of hydrogen-bond donors (Lipinski definition) is 0. The molecule has 38 valence electrons. The molecule has 0 nitrogen and oxygen atoms in total. The molecule has 0 saturated heterocycles. The third-order valence-electron chi connectivity index (χ3n) is 2.25. The van der Waals surface area contributed by atoms with Crippen LogP contribution in [-0.2, 0) is 0 Å². The molecule has 0 saturated carbocycles. The quantitative estimate of drug-likeness (QED) is 0.437. The molecule has 3 aliphatic carbocycles. The van der Waals surface area contributed by atoms with Crippen molar-refractivity contribution in [3.05, 3.63) is 34.9 Å². The molecule has 0 heteroatoms. The van der Waals surface area contributed by atoms with Gasteiger partial charge in [0, 0.05) is 5.92 Å². The average Bonchev–Trinajstić information content (AvgIpc) is 2.23. The van der Waals surface area contributed by atoms with Gasteiger partial charge in [0.05, 0.1) is 0 Å². The van der Waals surface area contributed by atoms with Crippen LogP contribution in [0.25, 0.3) is 0 Å². The van der Waals surface area contributed by atoms with Crippen molar-refractivity contribution in [1.82, 2.24) is 0 Å². The van der Waals surface area contributed by atoms with Gasteiger partial charge in [0.2, 0.25) is 0 Å². The van der Waals surface area contributed by atoms with E-state index in [0.29, 0.717) is 0 Å². The minimum absolute atomic E-state index is 0.852. The van der Waals surface area contributed by atoms with Crippen LogP contribution in [0, 0.1) is 5.92 Å². The Kier molecular flexibility index (Phi) is 0.301. The van der Waals surface area contributed by atoms with Crippen molar-refractivity contribution in [2.24, 2.45) is 5.92 Å².